The van der Waals surface area contributed by atoms with Crippen molar-refractivity contribution in [2.75, 3.05) is 21.3 Å². The van der Waals surface area contributed by atoms with Gasteiger partial charge in [0, 0.05) is 26.5 Å². The first-order chi connectivity index (χ1) is 24.2. The predicted octanol–water partition coefficient (Wildman–Crippen LogP) is 10.9. The van der Waals surface area contributed by atoms with E-state index >= 15 is 0 Å². The molecule has 8 rings (SSSR count). The zero-order valence-electron chi connectivity index (χ0n) is 27.8. The highest BCUT2D eigenvalue weighted by Crippen LogP contribution is 2.53. The number of hydrogen-bond donors (Lipinski definition) is 0. The van der Waals surface area contributed by atoms with Gasteiger partial charge in [-0.05, 0) is 82.9 Å². The highest BCUT2D eigenvalue weighted by Gasteiger charge is 2.41. The van der Waals surface area contributed by atoms with Crippen LogP contribution in [0.1, 0.15) is 0 Å². The van der Waals surface area contributed by atoms with Gasteiger partial charge >= 0.3 is 8.80 Å². The molecule has 49 heavy (non-hydrogen) atoms. The van der Waals surface area contributed by atoms with Crippen molar-refractivity contribution in [3.63, 3.8) is 0 Å². The van der Waals surface area contributed by atoms with Crippen molar-refractivity contribution in [2.45, 2.75) is 0 Å². The second-order valence-corrected chi connectivity index (χ2v) is 15.1. The van der Waals surface area contributed by atoms with Gasteiger partial charge in [0.1, 0.15) is 0 Å². The Hall–Kier alpha value is -5.36. The lowest BCUT2D eigenvalue weighted by atomic mass is 9.77. The van der Waals surface area contributed by atoms with E-state index in [0.29, 0.717) is 0 Å². The Morgan fingerprint density at radius 1 is 0.327 bits per heavy atom. The zero-order valence-corrected chi connectivity index (χ0v) is 28.8. The summed E-state index contributed by atoms with van der Waals surface area (Å²) < 4.78 is 18.1. The van der Waals surface area contributed by atoms with E-state index in [2.05, 4.69) is 164 Å². The minimum absolute atomic E-state index is 0.911. The van der Waals surface area contributed by atoms with Gasteiger partial charge < -0.3 is 13.3 Å². The Kier molecular flexibility index (Phi) is 8.16. The number of hydrogen-bond acceptors (Lipinski definition) is 3. The predicted molar refractivity (Wildman–Crippen MR) is 207 cm³/mol. The van der Waals surface area contributed by atoms with Crippen molar-refractivity contribution < 1.29 is 13.3 Å². The van der Waals surface area contributed by atoms with Gasteiger partial charge in [-0.15, -0.1) is 0 Å². The van der Waals surface area contributed by atoms with Crippen LogP contribution >= 0.6 is 0 Å². The molecular weight excluding hydrogens is 617 g/mol. The monoisotopic (exact) mass is 652 g/mol. The van der Waals surface area contributed by atoms with Crippen LogP contribution in [0, 0.1) is 0 Å². The topological polar surface area (TPSA) is 27.7 Å². The Morgan fingerprint density at radius 2 is 0.633 bits per heavy atom. The van der Waals surface area contributed by atoms with Crippen LogP contribution in [-0.2, 0) is 13.3 Å². The van der Waals surface area contributed by atoms with E-state index in [1.165, 1.54) is 54.9 Å². The molecular formula is C45H36O3Si. The van der Waals surface area contributed by atoms with Crippen LogP contribution in [0.15, 0.2) is 164 Å². The van der Waals surface area contributed by atoms with E-state index in [9.17, 15) is 0 Å². The van der Waals surface area contributed by atoms with E-state index in [-0.39, 0.29) is 0 Å². The summed E-state index contributed by atoms with van der Waals surface area (Å²) in [6.07, 6.45) is 0. The molecule has 0 aliphatic heterocycles. The van der Waals surface area contributed by atoms with Crippen LogP contribution in [0.5, 0.6) is 0 Å². The largest absolute Gasteiger partial charge is 0.536 e. The molecule has 238 valence electrons. The molecule has 0 amide bonds. The van der Waals surface area contributed by atoms with Gasteiger partial charge in [0.05, 0.1) is 0 Å². The second-order valence-electron chi connectivity index (χ2n) is 12.2. The van der Waals surface area contributed by atoms with Gasteiger partial charge in [0.2, 0.25) is 0 Å². The van der Waals surface area contributed by atoms with E-state index in [4.69, 9.17) is 13.3 Å². The molecule has 0 unspecified atom stereocenters. The van der Waals surface area contributed by atoms with E-state index in [1.54, 1.807) is 21.3 Å². The summed E-state index contributed by atoms with van der Waals surface area (Å²) in [6.45, 7) is 0. The van der Waals surface area contributed by atoms with E-state index in [0.717, 1.165) is 27.1 Å². The van der Waals surface area contributed by atoms with Crippen molar-refractivity contribution >= 4 is 46.3 Å². The van der Waals surface area contributed by atoms with Crippen molar-refractivity contribution in [2.24, 2.45) is 0 Å². The smallest absolute Gasteiger partial charge is 0.373 e. The summed E-state index contributed by atoms with van der Waals surface area (Å²) in [5.41, 5.74) is 9.44. The van der Waals surface area contributed by atoms with Gasteiger partial charge in [-0.1, -0.05) is 158 Å². The van der Waals surface area contributed by atoms with Gasteiger partial charge in [-0.3, -0.25) is 0 Å². The Morgan fingerprint density at radius 3 is 0.980 bits per heavy atom. The third-order valence-corrected chi connectivity index (χ3v) is 12.3. The summed E-state index contributed by atoms with van der Waals surface area (Å²) in [5, 5.41) is 8.04. The Bertz CT molecular complexity index is 2410. The maximum atomic E-state index is 6.04. The lowest BCUT2D eigenvalue weighted by Gasteiger charge is -2.27. The maximum absolute atomic E-state index is 6.04. The standard InChI is InChI=1S/C45H36O3Si/c1-46-49(47-2,48-3)35-28-29-38-39(30-35)43(34-24-14-7-15-25-34)45-41(32-20-10-5-11-21-32)37-27-17-16-26-36(37)40(31-18-8-4-9-19-31)44(45)42(38)33-22-12-6-13-23-33/h4-30H,1-3H3. The van der Waals surface area contributed by atoms with Crippen molar-refractivity contribution in [3.05, 3.63) is 164 Å². The first-order valence-electron chi connectivity index (χ1n) is 16.5. The average molecular weight is 653 g/mol. The number of rotatable bonds is 8. The average Bonchev–Trinajstić information content (AvgIpc) is 3.18. The third-order valence-electron chi connectivity index (χ3n) is 9.68. The third kappa shape index (κ3) is 5.09. The normalized spacial score (nSPS) is 11.8. The minimum atomic E-state index is -3.18. The molecule has 3 nitrogen and oxygen atoms in total. The molecule has 0 heterocycles. The summed E-state index contributed by atoms with van der Waals surface area (Å²) >= 11 is 0. The molecule has 0 aromatic heterocycles. The Labute approximate surface area is 288 Å². The first-order valence-corrected chi connectivity index (χ1v) is 18.3. The molecule has 0 atom stereocenters. The van der Waals surface area contributed by atoms with Crippen LogP contribution in [0.2, 0.25) is 0 Å². The minimum Gasteiger partial charge on any atom is -0.373 e. The van der Waals surface area contributed by atoms with Crippen LogP contribution < -0.4 is 5.19 Å². The van der Waals surface area contributed by atoms with Crippen molar-refractivity contribution in [1.29, 1.82) is 0 Å². The van der Waals surface area contributed by atoms with Crippen molar-refractivity contribution in [1.82, 2.24) is 0 Å². The summed E-state index contributed by atoms with van der Waals surface area (Å²) in [6, 6.07) is 58.8. The zero-order chi connectivity index (χ0) is 33.4. The van der Waals surface area contributed by atoms with Gasteiger partial charge in [-0.2, -0.15) is 0 Å². The van der Waals surface area contributed by atoms with Gasteiger partial charge in [0.15, 0.2) is 0 Å². The Balaban J connectivity index is 1.74. The molecule has 8 aromatic rings. The summed E-state index contributed by atoms with van der Waals surface area (Å²) in [4.78, 5) is 0. The lowest BCUT2D eigenvalue weighted by Crippen LogP contribution is -2.54. The fourth-order valence-corrected chi connectivity index (χ4v) is 9.41. The van der Waals surface area contributed by atoms with Gasteiger partial charge in [-0.25, -0.2) is 0 Å². The molecule has 0 fully saturated rings. The van der Waals surface area contributed by atoms with Crippen LogP contribution in [0.25, 0.3) is 76.8 Å². The molecule has 0 N–H and O–H groups in total. The highest BCUT2D eigenvalue weighted by atomic mass is 28.4. The summed E-state index contributed by atoms with van der Waals surface area (Å²) in [5.74, 6) is 0. The fraction of sp³-hybridized carbons (Fsp3) is 0.0667. The quantitative estimate of drug-likeness (QED) is 0.121. The fourth-order valence-electron chi connectivity index (χ4n) is 7.59. The lowest BCUT2D eigenvalue weighted by molar-refractivity contribution is 0.140. The van der Waals surface area contributed by atoms with Crippen LogP contribution in [-0.4, -0.2) is 30.1 Å². The molecule has 0 saturated carbocycles. The van der Waals surface area contributed by atoms with Crippen molar-refractivity contribution in [3.8, 4) is 44.5 Å². The molecule has 0 bridgehead atoms. The summed E-state index contributed by atoms with van der Waals surface area (Å²) in [7, 11) is 1.83. The maximum Gasteiger partial charge on any atom is 0.536 e. The molecule has 8 aromatic carbocycles. The van der Waals surface area contributed by atoms with E-state index in [1.807, 2.05) is 0 Å². The molecule has 0 aliphatic rings. The first kappa shape index (κ1) is 30.9. The van der Waals surface area contributed by atoms with E-state index < -0.39 is 8.80 Å². The van der Waals surface area contributed by atoms with Crippen LogP contribution in [0.4, 0.5) is 0 Å². The molecule has 0 spiro atoms. The molecule has 4 heteroatoms. The molecule has 0 saturated heterocycles. The number of benzene rings is 8. The van der Waals surface area contributed by atoms with Crippen LogP contribution in [0.3, 0.4) is 0 Å². The molecule has 0 radical (unpaired) electrons. The number of fused-ring (bicyclic) bond motifs is 3. The second kappa shape index (κ2) is 12.9. The molecule has 0 aliphatic carbocycles. The SMILES string of the molecule is CO[Si](OC)(OC)c1ccc2c(-c3ccccc3)c3c(-c4ccccc4)c4ccccc4c(-c4ccccc4)c3c(-c3ccccc3)c2c1. The van der Waals surface area contributed by atoms with Gasteiger partial charge in [0.25, 0.3) is 0 Å². The highest BCUT2D eigenvalue weighted by molar-refractivity contribution is 6.75.